The van der Waals surface area contributed by atoms with Gasteiger partial charge in [0, 0.05) is 36.6 Å². The molecule has 0 radical (unpaired) electrons. The number of rotatable bonds is 5. The molecule has 0 N–H and O–H groups in total. The highest BCUT2D eigenvalue weighted by Gasteiger charge is 2.53. The minimum absolute atomic E-state index is 0.0646. The molecule has 3 aromatic heterocycles. The molecule has 0 saturated heterocycles. The molecule has 13 heteroatoms. The quantitative estimate of drug-likeness (QED) is 0.364. The zero-order valence-corrected chi connectivity index (χ0v) is 23.6. The van der Waals surface area contributed by atoms with Gasteiger partial charge in [-0.05, 0) is 52.7 Å². The molecule has 0 atom stereocenters. The van der Waals surface area contributed by atoms with E-state index in [4.69, 9.17) is 16.3 Å². The van der Waals surface area contributed by atoms with E-state index in [0.29, 0.717) is 29.3 Å². The third-order valence-corrected chi connectivity index (χ3v) is 8.83. The van der Waals surface area contributed by atoms with Gasteiger partial charge < -0.3 is 4.74 Å². The molecule has 0 bridgehead atoms. The van der Waals surface area contributed by atoms with Crippen LogP contribution in [0.25, 0.3) is 21.8 Å². The number of halogens is 1. The van der Waals surface area contributed by atoms with E-state index in [-0.39, 0.29) is 21.8 Å². The Balaban J connectivity index is 1.73. The molecule has 11 nitrogen and oxygen atoms in total. The second-order valence-electron chi connectivity index (χ2n) is 11.0. The average Bonchev–Trinajstić information content (AvgIpc) is 3.19. The van der Waals surface area contributed by atoms with E-state index < -0.39 is 32.8 Å². The first-order chi connectivity index (χ1) is 17.6. The molecule has 1 amide bonds. The molecular formula is C25H29ClN6O5S. The standard InChI is InChI=1S/C25H29ClN6O5S/c1-24(2,3)37-23(34)32(25(4)7-8-25)38(35,36)16-9-17-20(19(26)10-16)18-12-28-30(6)21(18)31(22(17)33)14-15-11-27-29(5)13-15/h9-13H,7-8,14H2,1-6H3. The number of carbonyl (C=O) groups excluding carboxylic acids is 1. The molecule has 1 aromatic carbocycles. The number of fused-ring (bicyclic) bond motifs is 3. The molecular weight excluding hydrogens is 532 g/mol. The van der Waals surface area contributed by atoms with E-state index in [1.165, 1.54) is 16.7 Å². The summed E-state index contributed by atoms with van der Waals surface area (Å²) in [5, 5.41) is 9.65. The Kier molecular flexibility index (Phi) is 5.91. The lowest BCUT2D eigenvalue weighted by molar-refractivity contribution is 0.0332. The predicted octanol–water partition coefficient (Wildman–Crippen LogP) is 3.80. The predicted molar refractivity (Wildman–Crippen MR) is 143 cm³/mol. The number of amides is 1. The Bertz CT molecular complexity index is 1780. The summed E-state index contributed by atoms with van der Waals surface area (Å²) in [4.78, 5) is 26.7. The average molecular weight is 561 g/mol. The van der Waals surface area contributed by atoms with Gasteiger partial charge in [0.25, 0.3) is 15.6 Å². The molecule has 1 aliphatic rings. The smallest absolute Gasteiger partial charge is 0.424 e. The lowest BCUT2D eigenvalue weighted by atomic mass is 10.1. The fraction of sp³-hybridized carbons (Fsp3) is 0.440. The van der Waals surface area contributed by atoms with Gasteiger partial charge >= 0.3 is 6.09 Å². The first-order valence-electron chi connectivity index (χ1n) is 12.1. The van der Waals surface area contributed by atoms with Crippen LogP contribution < -0.4 is 5.56 Å². The van der Waals surface area contributed by atoms with E-state index in [2.05, 4.69) is 10.2 Å². The molecule has 0 spiro atoms. The van der Waals surface area contributed by atoms with Gasteiger partial charge in [-0.15, -0.1) is 0 Å². The summed E-state index contributed by atoms with van der Waals surface area (Å²) in [5.41, 5.74) is -0.950. The zero-order chi connectivity index (χ0) is 27.8. The van der Waals surface area contributed by atoms with Gasteiger partial charge in [-0.3, -0.25) is 18.7 Å². The van der Waals surface area contributed by atoms with Gasteiger partial charge in [0.2, 0.25) is 0 Å². The molecule has 0 unspecified atom stereocenters. The fourth-order valence-electron chi connectivity index (χ4n) is 4.63. The maximum atomic E-state index is 13.9. The number of pyridine rings is 1. The van der Waals surface area contributed by atoms with Crippen LogP contribution >= 0.6 is 11.6 Å². The second kappa shape index (κ2) is 8.57. The number of aromatic nitrogens is 5. The van der Waals surface area contributed by atoms with Gasteiger partial charge in [-0.25, -0.2) is 13.2 Å². The van der Waals surface area contributed by atoms with Crippen LogP contribution in [0.2, 0.25) is 5.02 Å². The van der Waals surface area contributed by atoms with E-state index in [9.17, 15) is 18.0 Å². The van der Waals surface area contributed by atoms with Crippen LogP contribution in [0.4, 0.5) is 4.79 Å². The van der Waals surface area contributed by atoms with Crippen LogP contribution in [0.1, 0.15) is 46.1 Å². The summed E-state index contributed by atoms with van der Waals surface area (Å²) in [6.07, 6.45) is 5.08. The maximum Gasteiger partial charge on any atom is 0.424 e. The van der Waals surface area contributed by atoms with Crippen molar-refractivity contribution in [3.05, 3.63) is 51.7 Å². The summed E-state index contributed by atoms with van der Waals surface area (Å²) in [6, 6.07) is 2.56. The number of nitrogens with zero attached hydrogens (tertiary/aromatic N) is 6. The largest absolute Gasteiger partial charge is 0.443 e. The number of benzene rings is 1. The van der Waals surface area contributed by atoms with Crippen LogP contribution in [0, 0.1) is 0 Å². The number of carbonyl (C=O) groups is 1. The Morgan fingerprint density at radius 2 is 1.84 bits per heavy atom. The van der Waals surface area contributed by atoms with E-state index in [1.54, 1.807) is 69.7 Å². The molecule has 1 aliphatic carbocycles. The highest BCUT2D eigenvalue weighted by atomic mass is 35.5. The number of hydrogen-bond acceptors (Lipinski definition) is 7. The fourth-order valence-corrected chi connectivity index (χ4v) is 6.75. The van der Waals surface area contributed by atoms with Crippen LogP contribution in [-0.4, -0.2) is 54.1 Å². The summed E-state index contributed by atoms with van der Waals surface area (Å²) in [6.45, 7) is 6.89. The number of hydrogen-bond donors (Lipinski definition) is 0. The number of ether oxygens (including phenoxy) is 1. The van der Waals surface area contributed by atoms with Crippen molar-refractivity contribution in [3.8, 4) is 0 Å². The SMILES string of the molecule is Cn1cc(Cn2c(=O)c3cc(S(=O)(=O)N(C(=O)OC(C)(C)C)C4(C)CC4)cc(Cl)c3c3cnn(C)c32)cn1. The van der Waals surface area contributed by atoms with Gasteiger partial charge in [0.1, 0.15) is 11.2 Å². The van der Waals surface area contributed by atoms with Crippen LogP contribution in [0.15, 0.2) is 40.4 Å². The van der Waals surface area contributed by atoms with Crippen LogP contribution in [0.5, 0.6) is 0 Å². The second-order valence-corrected chi connectivity index (χ2v) is 13.2. The van der Waals surface area contributed by atoms with Crippen LogP contribution in [-0.2, 0) is 35.4 Å². The van der Waals surface area contributed by atoms with Crippen molar-refractivity contribution in [3.63, 3.8) is 0 Å². The third-order valence-electron chi connectivity index (χ3n) is 6.63. The molecule has 202 valence electrons. The van der Waals surface area contributed by atoms with Gasteiger partial charge in [0.05, 0.1) is 39.8 Å². The first kappa shape index (κ1) is 26.2. The summed E-state index contributed by atoms with van der Waals surface area (Å²) < 4.78 is 38.8. The van der Waals surface area contributed by atoms with Crippen molar-refractivity contribution < 1.29 is 17.9 Å². The lowest BCUT2D eigenvalue weighted by Gasteiger charge is -2.31. The Morgan fingerprint density at radius 1 is 1.16 bits per heavy atom. The van der Waals surface area contributed by atoms with Gasteiger partial charge in [0.15, 0.2) is 0 Å². The van der Waals surface area contributed by atoms with Crippen molar-refractivity contribution in [1.82, 2.24) is 28.4 Å². The Hall–Kier alpha value is -3.38. The number of aryl methyl sites for hydroxylation is 2. The van der Waals surface area contributed by atoms with E-state index in [1.807, 2.05) is 0 Å². The molecule has 0 aliphatic heterocycles. The maximum absolute atomic E-state index is 13.9. The lowest BCUT2D eigenvalue weighted by Crippen LogP contribution is -2.47. The van der Waals surface area contributed by atoms with E-state index >= 15 is 0 Å². The Labute approximate surface area is 224 Å². The third kappa shape index (κ3) is 4.35. The molecule has 3 heterocycles. The summed E-state index contributed by atoms with van der Waals surface area (Å²) in [7, 11) is -0.928. The molecule has 1 saturated carbocycles. The molecule has 1 fully saturated rings. The van der Waals surface area contributed by atoms with Gasteiger partial charge in [-0.1, -0.05) is 11.6 Å². The first-order valence-corrected chi connectivity index (χ1v) is 13.9. The molecule has 4 aromatic rings. The van der Waals surface area contributed by atoms with Crippen molar-refractivity contribution in [1.29, 1.82) is 0 Å². The monoisotopic (exact) mass is 560 g/mol. The molecule has 5 rings (SSSR count). The number of sulfonamides is 1. The minimum atomic E-state index is -4.42. The van der Waals surface area contributed by atoms with Crippen molar-refractivity contribution >= 4 is 49.5 Å². The summed E-state index contributed by atoms with van der Waals surface area (Å²) in [5.74, 6) is 0. The normalized spacial score (nSPS) is 15.2. The van der Waals surface area contributed by atoms with Crippen molar-refractivity contribution in [2.24, 2.45) is 14.1 Å². The molecule has 38 heavy (non-hydrogen) atoms. The zero-order valence-electron chi connectivity index (χ0n) is 22.0. The summed E-state index contributed by atoms with van der Waals surface area (Å²) >= 11 is 6.67. The van der Waals surface area contributed by atoms with Crippen LogP contribution in [0.3, 0.4) is 0 Å². The highest BCUT2D eigenvalue weighted by Crippen LogP contribution is 2.45. The Morgan fingerprint density at radius 3 is 2.42 bits per heavy atom. The minimum Gasteiger partial charge on any atom is -0.443 e. The van der Waals surface area contributed by atoms with E-state index in [0.717, 1.165) is 9.87 Å². The van der Waals surface area contributed by atoms with Gasteiger partial charge in [-0.2, -0.15) is 14.5 Å². The van der Waals surface area contributed by atoms with Crippen molar-refractivity contribution in [2.75, 3.05) is 0 Å². The highest BCUT2D eigenvalue weighted by molar-refractivity contribution is 7.89. The van der Waals surface area contributed by atoms with Crippen molar-refractivity contribution in [2.45, 2.75) is 63.1 Å². The topological polar surface area (TPSA) is 121 Å².